The van der Waals surface area contributed by atoms with Crippen LogP contribution in [0.25, 0.3) is 0 Å². The van der Waals surface area contributed by atoms with Gasteiger partial charge in [-0.2, -0.15) is 9.97 Å². The van der Waals surface area contributed by atoms with Gasteiger partial charge in [0, 0.05) is 0 Å². The van der Waals surface area contributed by atoms with Crippen LogP contribution in [0.1, 0.15) is 5.69 Å². The zero-order valence-corrected chi connectivity index (χ0v) is 13.1. The molecule has 0 bridgehead atoms. The normalized spacial score (nSPS) is 11.2. The Balaban J connectivity index is 2.39. The van der Waals surface area contributed by atoms with Crippen molar-refractivity contribution in [2.24, 2.45) is 0 Å². The summed E-state index contributed by atoms with van der Waals surface area (Å²) in [7, 11) is -1.09. The van der Waals surface area contributed by atoms with E-state index in [4.69, 9.17) is 15.2 Å². The Morgan fingerprint density at radius 1 is 1.19 bits per heavy atom. The number of hydrogen-bond acceptors (Lipinski definition) is 9. The first-order valence-electron chi connectivity index (χ1n) is 5.58. The number of aromatic nitrogens is 3. The van der Waals surface area contributed by atoms with Crippen molar-refractivity contribution in [3.8, 4) is 11.8 Å². The summed E-state index contributed by atoms with van der Waals surface area (Å²) in [6.45, 7) is 1.55. The molecule has 0 saturated heterocycles. The highest BCUT2D eigenvalue weighted by molar-refractivity contribution is 7.94. The van der Waals surface area contributed by atoms with Crippen molar-refractivity contribution in [1.82, 2.24) is 15.0 Å². The number of anilines is 2. The van der Waals surface area contributed by atoms with Gasteiger partial charge in [-0.25, -0.2) is 18.1 Å². The molecule has 0 aliphatic rings. The van der Waals surface area contributed by atoms with Crippen molar-refractivity contribution in [2.75, 3.05) is 24.7 Å². The molecule has 0 aliphatic carbocycles. The number of nitrogens with zero attached hydrogens (tertiary/aromatic N) is 3. The first kappa shape index (κ1) is 15.3. The Morgan fingerprint density at radius 2 is 1.76 bits per heavy atom. The van der Waals surface area contributed by atoms with Gasteiger partial charge in [-0.05, 0) is 6.92 Å². The molecule has 21 heavy (non-hydrogen) atoms. The van der Waals surface area contributed by atoms with Crippen LogP contribution in [-0.4, -0.2) is 37.6 Å². The molecule has 0 fully saturated rings. The minimum atomic E-state index is -3.88. The molecule has 2 rings (SSSR count). The monoisotopic (exact) mass is 331 g/mol. The molecular formula is C10H13N5O4S2. The molecule has 2 heterocycles. The summed E-state index contributed by atoms with van der Waals surface area (Å²) in [6.07, 6.45) is 0. The number of hydrogen-bond donors (Lipinski definition) is 2. The van der Waals surface area contributed by atoms with Gasteiger partial charge in [-0.3, -0.25) is 0 Å². The average Bonchev–Trinajstić information content (AvgIpc) is 2.77. The lowest BCUT2D eigenvalue weighted by atomic mass is 10.6. The molecule has 2 aromatic heterocycles. The Hall–Kier alpha value is -2.14. The number of nitrogens with two attached hydrogens (primary N) is 1. The summed E-state index contributed by atoms with van der Waals surface area (Å²) < 4.78 is 36.7. The van der Waals surface area contributed by atoms with Crippen LogP contribution in [0.4, 0.5) is 11.1 Å². The van der Waals surface area contributed by atoms with Gasteiger partial charge in [0.1, 0.15) is 0 Å². The van der Waals surface area contributed by atoms with Crippen molar-refractivity contribution in [3.63, 3.8) is 0 Å². The van der Waals surface area contributed by atoms with Crippen LogP contribution in [0.15, 0.2) is 10.3 Å². The van der Waals surface area contributed by atoms with Crippen LogP contribution in [0, 0.1) is 6.92 Å². The second-order valence-electron chi connectivity index (χ2n) is 3.81. The number of methoxy groups -OCH3 is 2. The van der Waals surface area contributed by atoms with Gasteiger partial charge in [0.25, 0.3) is 10.0 Å². The predicted molar refractivity (Wildman–Crippen MR) is 77.2 cm³/mol. The number of nitrogen functional groups attached to an aromatic ring is 1. The van der Waals surface area contributed by atoms with E-state index in [0.717, 1.165) is 11.3 Å². The standard InChI is InChI=1S/C10H13N5O4S2/c1-5-8(20-9(11)12-5)21(16,17)15-10-13-6(18-2)4-7(14-10)19-3/h4H,1-3H3,(H2,11,12)(H,13,14,15). The molecule has 9 nitrogen and oxygen atoms in total. The summed E-state index contributed by atoms with van der Waals surface area (Å²) in [5.74, 6) is 0.165. The fourth-order valence-corrected chi connectivity index (χ4v) is 3.72. The SMILES string of the molecule is COc1cc(OC)nc(NS(=O)(=O)c2sc(N)nc2C)n1. The van der Waals surface area contributed by atoms with Crippen molar-refractivity contribution in [1.29, 1.82) is 0 Å². The number of nitrogens with one attached hydrogen (secondary N) is 1. The molecule has 11 heteroatoms. The van der Waals surface area contributed by atoms with Crippen molar-refractivity contribution >= 4 is 32.4 Å². The van der Waals surface area contributed by atoms with E-state index in [1.54, 1.807) is 6.92 Å². The minimum Gasteiger partial charge on any atom is -0.481 e. The third-order valence-electron chi connectivity index (χ3n) is 2.34. The molecule has 0 radical (unpaired) electrons. The van der Waals surface area contributed by atoms with Gasteiger partial charge < -0.3 is 15.2 Å². The minimum absolute atomic E-state index is 0.00499. The fraction of sp³-hybridized carbons (Fsp3) is 0.300. The summed E-state index contributed by atoms with van der Waals surface area (Å²) in [6, 6.07) is 1.42. The predicted octanol–water partition coefficient (Wildman–Crippen LogP) is 0.642. The summed E-state index contributed by atoms with van der Waals surface area (Å²) in [5, 5.41) is 0.164. The van der Waals surface area contributed by atoms with E-state index in [-0.39, 0.29) is 27.0 Å². The highest BCUT2D eigenvalue weighted by Crippen LogP contribution is 2.27. The molecule has 2 aromatic rings. The highest BCUT2D eigenvalue weighted by atomic mass is 32.2. The van der Waals surface area contributed by atoms with Crippen molar-refractivity contribution < 1.29 is 17.9 Å². The maximum absolute atomic E-state index is 12.3. The van der Waals surface area contributed by atoms with E-state index in [2.05, 4.69) is 19.7 Å². The number of aryl methyl sites for hydroxylation is 1. The van der Waals surface area contributed by atoms with E-state index >= 15 is 0 Å². The van der Waals surface area contributed by atoms with Gasteiger partial charge in [0.15, 0.2) is 9.34 Å². The van der Waals surface area contributed by atoms with Crippen molar-refractivity contribution in [3.05, 3.63) is 11.8 Å². The van der Waals surface area contributed by atoms with Crippen LogP contribution in [0.3, 0.4) is 0 Å². The summed E-state index contributed by atoms with van der Waals surface area (Å²) >= 11 is 0.859. The van der Waals surface area contributed by atoms with Crippen LogP contribution in [-0.2, 0) is 10.0 Å². The molecule has 0 unspecified atom stereocenters. The number of thiazole rings is 1. The second kappa shape index (κ2) is 5.69. The van der Waals surface area contributed by atoms with Gasteiger partial charge in [-0.15, -0.1) is 0 Å². The molecule has 0 spiro atoms. The zero-order chi connectivity index (χ0) is 15.6. The van der Waals surface area contributed by atoms with Gasteiger partial charge in [-0.1, -0.05) is 11.3 Å². The first-order chi connectivity index (χ1) is 9.85. The van der Waals surface area contributed by atoms with Crippen LogP contribution < -0.4 is 19.9 Å². The molecule has 3 N–H and O–H groups in total. The number of sulfonamides is 1. The molecule has 0 saturated carbocycles. The lowest BCUT2D eigenvalue weighted by Crippen LogP contribution is -2.15. The zero-order valence-electron chi connectivity index (χ0n) is 11.4. The Bertz CT molecular complexity index is 737. The summed E-state index contributed by atoms with van der Waals surface area (Å²) in [4.78, 5) is 11.7. The lowest BCUT2D eigenvalue weighted by Gasteiger charge is -2.08. The number of rotatable bonds is 5. The van der Waals surface area contributed by atoms with Gasteiger partial charge in [0.2, 0.25) is 17.7 Å². The number of ether oxygens (including phenoxy) is 2. The maximum atomic E-state index is 12.3. The van der Waals surface area contributed by atoms with Crippen molar-refractivity contribution in [2.45, 2.75) is 11.1 Å². The Morgan fingerprint density at radius 3 is 2.19 bits per heavy atom. The quantitative estimate of drug-likeness (QED) is 0.816. The third-order valence-corrected chi connectivity index (χ3v) is 5.26. The molecule has 0 aliphatic heterocycles. The first-order valence-corrected chi connectivity index (χ1v) is 7.88. The topological polar surface area (TPSA) is 129 Å². The van der Waals surface area contributed by atoms with E-state index in [9.17, 15) is 8.42 Å². The molecule has 0 amide bonds. The molecule has 0 atom stereocenters. The van der Waals surface area contributed by atoms with Crippen LogP contribution >= 0.6 is 11.3 Å². The third kappa shape index (κ3) is 3.31. The largest absolute Gasteiger partial charge is 0.481 e. The average molecular weight is 331 g/mol. The molecular weight excluding hydrogens is 318 g/mol. The van der Waals surface area contributed by atoms with E-state index in [0.29, 0.717) is 5.69 Å². The van der Waals surface area contributed by atoms with E-state index in [1.165, 1.54) is 20.3 Å². The maximum Gasteiger partial charge on any atom is 0.275 e. The Kier molecular flexibility index (Phi) is 4.14. The molecule has 0 aromatic carbocycles. The second-order valence-corrected chi connectivity index (χ2v) is 6.72. The lowest BCUT2D eigenvalue weighted by molar-refractivity contribution is 0.373. The smallest absolute Gasteiger partial charge is 0.275 e. The summed E-state index contributed by atoms with van der Waals surface area (Å²) in [5.41, 5.74) is 5.81. The van der Waals surface area contributed by atoms with E-state index < -0.39 is 10.0 Å². The van der Waals surface area contributed by atoms with Gasteiger partial charge in [0.05, 0.1) is 26.0 Å². The fourth-order valence-electron chi connectivity index (χ4n) is 1.48. The van der Waals surface area contributed by atoms with Crippen LogP contribution in [0.5, 0.6) is 11.8 Å². The Labute approximate surface area is 125 Å². The molecule has 114 valence electrons. The van der Waals surface area contributed by atoms with Gasteiger partial charge >= 0.3 is 0 Å². The van der Waals surface area contributed by atoms with Crippen LogP contribution in [0.2, 0.25) is 0 Å². The highest BCUT2D eigenvalue weighted by Gasteiger charge is 2.23. The van der Waals surface area contributed by atoms with E-state index in [1.807, 2.05) is 0 Å².